The predicted molar refractivity (Wildman–Crippen MR) is 128 cm³/mol. The summed E-state index contributed by atoms with van der Waals surface area (Å²) in [5, 5.41) is 6.49. The first-order chi connectivity index (χ1) is 13.7. The molecule has 0 aromatic heterocycles. The summed E-state index contributed by atoms with van der Waals surface area (Å²) in [6.45, 7) is 8.54. The van der Waals surface area contributed by atoms with Gasteiger partial charge in [0, 0.05) is 38.8 Å². The van der Waals surface area contributed by atoms with Gasteiger partial charge in [0.1, 0.15) is 0 Å². The van der Waals surface area contributed by atoms with Gasteiger partial charge in [-0.1, -0.05) is 25.7 Å². The number of halogens is 1. The van der Waals surface area contributed by atoms with E-state index in [1.807, 2.05) is 0 Å². The van der Waals surface area contributed by atoms with Crippen LogP contribution in [0.2, 0.25) is 0 Å². The highest BCUT2D eigenvalue weighted by Gasteiger charge is 2.25. The molecule has 3 aliphatic rings. The van der Waals surface area contributed by atoms with Crippen LogP contribution in [0.1, 0.15) is 58.3 Å². The Kier molecular flexibility index (Phi) is 11.6. The maximum absolute atomic E-state index is 12.0. The molecule has 2 aliphatic carbocycles. The summed E-state index contributed by atoms with van der Waals surface area (Å²) in [6.07, 6.45) is 10.5. The summed E-state index contributed by atoms with van der Waals surface area (Å²) in [6, 6.07) is 0.446. The first-order valence-corrected chi connectivity index (χ1v) is 11.4. The number of piperazine rings is 1. The third kappa shape index (κ3) is 9.38. The minimum atomic E-state index is 0. The van der Waals surface area contributed by atoms with Crippen molar-refractivity contribution >= 4 is 35.8 Å². The van der Waals surface area contributed by atoms with Crippen LogP contribution in [0.3, 0.4) is 0 Å². The number of hydrogen-bond acceptors (Lipinski definition) is 4. The molecule has 0 aromatic rings. The highest BCUT2D eigenvalue weighted by atomic mass is 127. The highest BCUT2D eigenvalue weighted by molar-refractivity contribution is 14.0. The minimum Gasteiger partial charge on any atom is -0.376 e. The highest BCUT2D eigenvalue weighted by Crippen LogP contribution is 2.20. The predicted octanol–water partition coefficient (Wildman–Crippen LogP) is 2.21. The van der Waals surface area contributed by atoms with Crippen molar-refractivity contribution in [3.8, 4) is 0 Å². The van der Waals surface area contributed by atoms with Crippen molar-refractivity contribution in [2.45, 2.75) is 70.4 Å². The molecular weight excluding hydrogens is 481 g/mol. The van der Waals surface area contributed by atoms with E-state index in [0.717, 1.165) is 51.5 Å². The molecule has 1 saturated heterocycles. The first kappa shape index (κ1) is 24.7. The second-order valence-electron chi connectivity index (χ2n) is 8.33. The van der Waals surface area contributed by atoms with Crippen LogP contribution in [0.25, 0.3) is 0 Å². The summed E-state index contributed by atoms with van der Waals surface area (Å²) in [5.41, 5.74) is 0. The number of ether oxygens (including phenoxy) is 1. The second-order valence-corrected chi connectivity index (χ2v) is 8.33. The molecule has 2 saturated carbocycles. The molecule has 0 radical (unpaired) electrons. The molecule has 0 unspecified atom stereocenters. The fourth-order valence-corrected chi connectivity index (χ4v) is 4.03. The van der Waals surface area contributed by atoms with Gasteiger partial charge in [0.25, 0.3) is 0 Å². The lowest BCUT2D eigenvalue weighted by molar-refractivity contribution is -0.122. The van der Waals surface area contributed by atoms with Crippen LogP contribution in [0.4, 0.5) is 0 Å². The van der Waals surface area contributed by atoms with Crippen molar-refractivity contribution in [1.82, 2.24) is 20.4 Å². The van der Waals surface area contributed by atoms with Gasteiger partial charge >= 0.3 is 0 Å². The van der Waals surface area contributed by atoms with Crippen molar-refractivity contribution < 1.29 is 9.53 Å². The molecule has 29 heavy (non-hydrogen) atoms. The Labute approximate surface area is 193 Å². The third-order valence-electron chi connectivity index (χ3n) is 5.83. The summed E-state index contributed by atoms with van der Waals surface area (Å²) in [5.74, 6) is 1.15. The van der Waals surface area contributed by atoms with Crippen LogP contribution >= 0.6 is 24.0 Å². The Bertz CT molecular complexity index is 499. The van der Waals surface area contributed by atoms with Gasteiger partial charge in [-0.3, -0.25) is 14.7 Å². The Morgan fingerprint density at radius 2 is 1.72 bits per heavy atom. The van der Waals surface area contributed by atoms with Crippen molar-refractivity contribution in [3.05, 3.63) is 0 Å². The van der Waals surface area contributed by atoms with Gasteiger partial charge in [0.2, 0.25) is 5.91 Å². The zero-order valence-corrected chi connectivity index (χ0v) is 20.4. The smallest absolute Gasteiger partial charge is 0.234 e. The molecule has 3 fully saturated rings. The van der Waals surface area contributed by atoms with Crippen LogP contribution < -0.4 is 10.6 Å². The molecule has 3 rings (SSSR count). The SMILES string of the molecule is CCNC(=NCCOC1CCCCCC1)N1CCN(CC(=O)NC2CC2)CC1.I. The number of carbonyl (C=O) groups is 1. The normalized spacial score (nSPS) is 22.0. The number of nitrogens with zero attached hydrogens (tertiary/aromatic N) is 3. The molecule has 0 spiro atoms. The quantitative estimate of drug-likeness (QED) is 0.169. The maximum atomic E-state index is 12.0. The topological polar surface area (TPSA) is 69.2 Å². The van der Waals surface area contributed by atoms with Crippen LogP contribution in [-0.4, -0.2) is 86.2 Å². The molecule has 168 valence electrons. The largest absolute Gasteiger partial charge is 0.376 e. The van der Waals surface area contributed by atoms with Crippen LogP contribution in [0, 0.1) is 0 Å². The fourth-order valence-electron chi connectivity index (χ4n) is 4.03. The first-order valence-electron chi connectivity index (χ1n) is 11.4. The lowest BCUT2D eigenvalue weighted by atomic mass is 10.1. The second kappa shape index (κ2) is 13.6. The number of hydrogen-bond donors (Lipinski definition) is 2. The minimum absolute atomic E-state index is 0. The molecule has 1 aliphatic heterocycles. The molecule has 0 bridgehead atoms. The zero-order valence-electron chi connectivity index (χ0n) is 18.0. The lowest BCUT2D eigenvalue weighted by Crippen LogP contribution is -2.54. The average molecular weight is 521 g/mol. The van der Waals surface area contributed by atoms with E-state index < -0.39 is 0 Å². The van der Waals surface area contributed by atoms with Gasteiger partial charge in [-0.15, -0.1) is 24.0 Å². The number of guanidine groups is 1. The Morgan fingerprint density at radius 1 is 1.03 bits per heavy atom. The van der Waals surface area contributed by atoms with Crippen molar-refractivity contribution in [2.75, 3.05) is 52.4 Å². The molecule has 2 N–H and O–H groups in total. The van der Waals surface area contributed by atoms with Crippen LogP contribution in [0.5, 0.6) is 0 Å². The van der Waals surface area contributed by atoms with E-state index in [1.165, 1.54) is 38.5 Å². The Balaban J connectivity index is 0.00000300. The van der Waals surface area contributed by atoms with E-state index in [0.29, 0.717) is 31.8 Å². The standard InChI is InChI=1S/C21H39N5O2.HI/c1-2-22-21(23-11-16-28-19-7-5-3-4-6-8-19)26-14-12-25(13-15-26)17-20(27)24-18-9-10-18;/h18-19H,2-17H2,1H3,(H,22,23)(H,24,27);1H. The van der Waals surface area contributed by atoms with E-state index in [1.54, 1.807) is 0 Å². The van der Waals surface area contributed by atoms with E-state index in [9.17, 15) is 4.79 Å². The Hall–Kier alpha value is -0.610. The van der Waals surface area contributed by atoms with Gasteiger partial charge in [-0.25, -0.2) is 0 Å². The van der Waals surface area contributed by atoms with E-state index in [-0.39, 0.29) is 29.9 Å². The molecule has 1 heterocycles. The molecule has 7 nitrogen and oxygen atoms in total. The third-order valence-corrected chi connectivity index (χ3v) is 5.83. The maximum Gasteiger partial charge on any atom is 0.234 e. The average Bonchev–Trinajstić information content (AvgIpc) is 3.52. The Morgan fingerprint density at radius 3 is 2.34 bits per heavy atom. The van der Waals surface area contributed by atoms with Crippen LogP contribution in [-0.2, 0) is 9.53 Å². The number of rotatable bonds is 8. The summed E-state index contributed by atoms with van der Waals surface area (Å²) in [7, 11) is 0. The summed E-state index contributed by atoms with van der Waals surface area (Å²) < 4.78 is 6.07. The molecule has 8 heteroatoms. The van der Waals surface area contributed by atoms with Gasteiger partial charge < -0.3 is 20.3 Å². The molecule has 0 aromatic carbocycles. The van der Waals surface area contributed by atoms with Gasteiger partial charge in [-0.05, 0) is 32.6 Å². The van der Waals surface area contributed by atoms with Gasteiger partial charge in [0.05, 0.1) is 25.8 Å². The molecular formula is C21H40IN5O2. The van der Waals surface area contributed by atoms with Gasteiger partial charge in [0.15, 0.2) is 5.96 Å². The van der Waals surface area contributed by atoms with Gasteiger partial charge in [-0.2, -0.15) is 0 Å². The monoisotopic (exact) mass is 521 g/mol. The number of nitrogens with one attached hydrogen (secondary N) is 2. The molecule has 0 atom stereocenters. The molecule has 1 amide bonds. The summed E-state index contributed by atoms with van der Waals surface area (Å²) >= 11 is 0. The zero-order chi connectivity index (χ0) is 19.6. The van der Waals surface area contributed by atoms with Crippen molar-refractivity contribution in [1.29, 1.82) is 0 Å². The summed E-state index contributed by atoms with van der Waals surface area (Å²) in [4.78, 5) is 21.3. The van der Waals surface area contributed by atoms with Crippen LogP contribution in [0.15, 0.2) is 4.99 Å². The van der Waals surface area contributed by atoms with E-state index in [2.05, 4.69) is 27.4 Å². The lowest BCUT2D eigenvalue weighted by Gasteiger charge is -2.36. The van der Waals surface area contributed by atoms with Crippen molar-refractivity contribution in [2.24, 2.45) is 4.99 Å². The van der Waals surface area contributed by atoms with Crippen molar-refractivity contribution in [3.63, 3.8) is 0 Å². The number of carbonyl (C=O) groups excluding carboxylic acids is 1. The number of aliphatic imine (C=N–C) groups is 1. The van der Waals surface area contributed by atoms with E-state index in [4.69, 9.17) is 9.73 Å². The number of amides is 1. The van der Waals surface area contributed by atoms with E-state index >= 15 is 0 Å². The fraction of sp³-hybridized carbons (Fsp3) is 0.905.